The van der Waals surface area contributed by atoms with Gasteiger partial charge in [0, 0.05) is 6.04 Å². The molecule has 0 spiro atoms. The molecule has 0 aliphatic carbocycles. The molecule has 3 N–H and O–H groups in total. The number of nitrogens with zero attached hydrogens (tertiary/aromatic N) is 2. The van der Waals surface area contributed by atoms with E-state index < -0.39 is 0 Å². The van der Waals surface area contributed by atoms with Crippen LogP contribution in [0.15, 0.2) is 24.5 Å². The first kappa shape index (κ1) is 13.1. The van der Waals surface area contributed by atoms with E-state index in [0.29, 0.717) is 18.5 Å². The lowest BCUT2D eigenvalue weighted by Crippen LogP contribution is -2.31. The molecule has 1 aromatic carbocycles. The third kappa shape index (κ3) is 2.40. The quantitative estimate of drug-likeness (QED) is 0.850. The number of nitrogens with one attached hydrogen (secondary N) is 1. The van der Waals surface area contributed by atoms with Gasteiger partial charge in [0.1, 0.15) is 0 Å². The highest BCUT2D eigenvalue weighted by Crippen LogP contribution is 2.29. The SMILES string of the molecule is CCC(CN)C(c1ccc2nc[nH]c2c1)N(C)C. The molecule has 0 fully saturated rings. The lowest BCUT2D eigenvalue weighted by Gasteiger charge is -2.31. The van der Waals surface area contributed by atoms with Crippen molar-refractivity contribution in [3.8, 4) is 0 Å². The summed E-state index contributed by atoms with van der Waals surface area (Å²) in [6.45, 7) is 2.91. The Morgan fingerprint density at radius 2 is 2.17 bits per heavy atom. The zero-order chi connectivity index (χ0) is 13.1. The largest absolute Gasteiger partial charge is 0.345 e. The summed E-state index contributed by atoms with van der Waals surface area (Å²) < 4.78 is 0. The first-order valence-electron chi connectivity index (χ1n) is 6.47. The Hall–Kier alpha value is -1.39. The van der Waals surface area contributed by atoms with Crippen LogP contribution in [0.1, 0.15) is 24.9 Å². The summed E-state index contributed by atoms with van der Waals surface area (Å²) in [4.78, 5) is 9.67. The number of benzene rings is 1. The fourth-order valence-electron chi connectivity index (χ4n) is 2.65. The molecule has 18 heavy (non-hydrogen) atoms. The lowest BCUT2D eigenvalue weighted by atomic mass is 9.90. The van der Waals surface area contributed by atoms with Gasteiger partial charge in [0.05, 0.1) is 17.4 Å². The van der Waals surface area contributed by atoms with Crippen LogP contribution in [0.25, 0.3) is 11.0 Å². The van der Waals surface area contributed by atoms with Gasteiger partial charge in [-0.3, -0.25) is 0 Å². The van der Waals surface area contributed by atoms with Crippen molar-refractivity contribution in [2.45, 2.75) is 19.4 Å². The number of imidazole rings is 1. The Morgan fingerprint density at radius 1 is 1.39 bits per heavy atom. The van der Waals surface area contributed by atoms with Crippen LogP contribution in [0.4, 0.5) is 0 Å². The van der Waals surface area contributed by atoms with Crippen LogP contribution < -0.4 is 5.73 Å². The van der Waals surface area contributed by atoms with E-state index in [1.54, 1.807) is 6.33 Å². The van der Waals surface area contributed by atoms with Gasteiger partial charge in [-0.05, 0) is 44.3 Å². The van der Waals surface area contributed by atoms with Gasteiger partial charge in [-0.25, -0.2) is 4.98 Å². The second-order valence-corrected chi connectivity index (χ2v) is 4.99. The van der Waals surface area contributed by atoms with Crippen LogP contribution in [-0.2, 0) is 0 Å². The summed E-state index contributed by atoms with van der Waals surface area (Å²) in [7, 11) is 4.22. The third-order valence-corrected chi connectivity index (χ3v) is 3.62. The molecule has 98 valence electrons. The topological polar surface area (TPSA) is 57.9 Å². The van der Waals surface area contributed by atoms with Gasteiger partial charge in [-0.15, -0.1) is 0 Å². The van der Waals surface area contributed by atoms with E-state index in [0.717, 1.165) is 17.5 Å². The minimum Gasteiger partial charge on any atom is -0.345 e. The number of aromatic amines is 1. The average molecular weight is 246 g/mol. The van der Waals surface area contributed by atoms with E-state index in [1.807, 2.05) is 0 Å². The summed E-state index contributed by atoms with van der Waals surface area (Å²) in [6.07, 6.45) is 2.82. The fourth-order valence-corrected chi connectivity index (χ4v) is 2.65. The molecule has 0 bridgehead atoms. The van der Waals surface area contributed by atoms with Crippen LogP contribution >= 0.6 is 0 Å². The molecule has 1 heterocycles. The summed E-state index contributed by atoms with van der Waals surface area (Å²) in [5.74, 6) is 0.473. The predicted octanol–water partition coefficient (Wildman–Crippen LogP) is 2.15. The minimum atomic E-state index is 0.354. The van der Waals surface area contributed by atoms with E-state index in [4.69, 9.17) is 5.73 Å². The van der Waals surface area contributed by atoms with Gasteiger partial charge in [0.25, 0.3) is 0 Å². The zero-order valence-electron chi connectivity index (χ0n) is 11.4. The molecule has 4 heteroatoms. The van der Waals surface area contributed by atoms with Crippen LogP contribution in [0.2, 0.25) is 0 Å². The summed E-state index contributed by atoms with van der Waals surface area (Å²) in [5.41, 5.74) is 9.31. The average Bonchev–Trinajstić information content (AvgIpc) is 2.82. The zero-order valence-corrected chi connectivity index (χ0v) is 11.4. The van der Waals surface area contributed by atoms with Crippen molar-refractivity contribution < 1.29 is 0 Å². The molecule has 0 aliphatic rings. The maximum atomic E-state index is 5.91. The van der Waals surface area contributed by atoms with E-state index in [1.165, 1.54) is 5.56 Å². The first-order chi connectivity index (χ1) is 8.67. The number of H-pyrrole nitrogens is 1. The molecule has 0 saturated heterocycles. The molecule has 0 radical (unpaired) electrons. The van der Waals surface area contributed by atoms with Gasteiger partial charge >= 0.3 is 0 Å². The van der Waals surface area contributed by atoms with Crippen molar-refractivity contribution in [3.63, 3.8) is 0 Å². The third-order valence-electron chi connectivity index (χ3n) is 3.62. The van der Waals surface area contributed by atoms with E-state index in [9.17, 15) is 0 Å². The molecule has 2 rings (SSSR count). The number of hydrogen-bond acceptors (Lipinski definition) is 3. The molecule has 4 nitrogen and oxygen atoms in total. The Bertz CT molecular complexity index is 499. The standard InChI is InChI=1S/C14H22N4/c1-4-10(8-15)14(18(2)3)11-5-6-12-13(7-11)17-9-16-12/h5-7,9-10,14H,4,8,15H2,1-3H3,(H,16,17). The van der Waals surface area contributed by atoms with Crippen molar-refractivity contribution in [1.82, 2.24) is 14.9 Å². The Labute approximate surface area is 108 Å². The molecule has 2 atom stereocenters. The lowest BCUT2D eigenvalue weighted by molar-refractivity contribution is 0.211. The van der Waals surface area contributed by atoms with Crippen molar-refractivity contribution >= 4 is 11.0 Å². The Morgan fingerprint density at radius 3 is 2.78 bits per heavy atom. The molecular weight excluding hydrogens is 224 g/mol. The molecule has 0 saturated carbocycles. The Kier molecular flexibility index (Phi) is 3.99. The second kappa shape index (κ2) is 5.50. The van der Waals surface area contributed by atoms with Crippen LogP contribution in [-0.4, -0.2) is 35.5 Å². The fraction of sp³-hybridized carbons (Fsp3) is 0.500. The molecule has 0 amide bonds. The van der Waals surface area contributed by atoms with Crippen molar-refractivity contribution in [1.29, 1.82) is 0 Å². The Balaban J connectivity index is 2.40. The minimum absolute atomic E-state index is 0.354. The molecule has 1 aromatic heterocycles. The van der Waals surface area contributed by atoms with Crippen molar-refractivity contribution in [2.75, 3.05) is 20.6 Å². The number of fused-ring (bicyclic) bond motifs is 1. The monoisotopic (exact) mass is 246 g/mol. The summed E-state index contributed by atoms with van der Waals surface area (Å²) >= 11 is 0. The predicted molar refractivity (Wildman–Crippen MR) is 75.4 cm³/mol. The molecular formula is C14H22N4. The van der Waals surface area contributed by atoms with Gasteiger partial charge < -0.3 is 15.6 Å². The number of rotatable bonds is 5. The molecule has 2 aromatic rings. The van der Waals surface area contributed by atoms with E-state index in [2.05, 4.69) is 54.1 Å². The highest BCUT2D eigenvalue weighted by Gasteiger charge is 2.23. The highest BCUT2D eigenvalue weighted by molar-refractivity contribution is 5.75. The van der Waals surface area contributed by atoms with Gasteiger partial charge in [0.15, 0.2) is 0 Å². The normalized spacial score (nSPS) is 15.2. The van der Waals surface area contributed by atoms with Gasteiger partial charge in [-0.1, -0.05) is 19.4 Å². The number of hydrogen-bond donors (Lipinski definition) is 2. The first-order valence-corrected chi connectivity index (χ1v) is 6.47. The van der Waals surface area contributed by atoms with Crippen LogP contribution in [0.5, 0.6) is 0 Å². The smallest absolute Gasteiger partial charge is 0.0931 e. The summed E-state index contributed by atoms with van der Waals surface area (Å²) in [5, 5.41) is 0. The highest BCUT2D eigenvalue weighted by atomic mass is 15.1. The maximum Gasteiger partial charge on any atom is 0.0931 e. The number of nitrogens with two attached hydrogens (primary N) is 1. The van der Waals surface area contributed by atoms with Gasteiger partial charge in [-0.2, -0.15) is 0 Å². The second-order valence-electron chi connectivity index (χ2n) is 4.99. The van der Waals surface area contributed by atoms with Crippen molar-refractivity contribution in [2.24, 2.45) is 11.7 Å². The van der Waals surface area contributed by atoms with E-state index in [-0.39, 0.29) is 0 Å². The van der Waals surface area contributed by atoms with Crippen LogP contribution in [0.3, 0.4) is 0 Å². The maximum absolute atomic E-state index is 5.91. The molecule has 2 unspecified atom stereocenters. The van der Waals surface area contributed by atoms with Crippen LogP contribution in [0, 0.1) is 5.92 Å². The summed E-state index contributed by atoms with van der Waals surface area (Å²) in [6, 6.07) is 6.77. The number of aromatic nitrogens is 2. The van der Waals surface area contributed by atoms with Gasteiger partial charge in [0.2, 0.25) is 0 Å². The van der Waals surface area contributed by atoms with E-state index >= 15 is 0 Å². The van der Waals surface area contributed by atoms with Crippen molar-refractivity contribution in [3.05, 3.63) is 30.1 Å². The molecule has 0 aliphatic heterocycles.